The zero-order valence-corrected chi connectivity index (χ0v) is 19.3. The number of hydrogen-bond donors (Lipinski definition) is 1. The Morgan fingerprint density at radius 3 is 2.53 bits per heavy atom. The van der Waals surface area contributed by atoms with E-state index in [1.807, 2.05) is 55.5 Å². The van der Waals surface area contributed by atoms with Crippen molar-refractivity contribution in [1.29, 1.82) is 0 Å². The second-order valence-electron chi connectivity index (χ2n) is 9.04. The van der Waals surface area contributed by atoms with Gasteiger partial charge in [-0.1, -0.05) is 42.0 Å². The molecule has 174 valence electrons. The number of benzene rings is 3. The van der Waals surface area contributed by atoms with E-state index in [9.17, 15) is 9.59 Å². The molecule has 1 aliphatic heterocycles. The molecule has 2 aliphatic rings. The molecule has 5 rings (SSSR count). The van der Waals surface area contributed by atoms with Crippen LogP contribution < -0.4 is 19.7 Å². The summed E-state index contributed by atoms with van der Waals surface area (Å²) in [5.41, 5.74) is 4.32. The molecule has 0 unspecified atom stereocenters. The largest absolute Gasteiger partial charge is 0.454 e. The topological polar surface area (TPSA) is 67.9 Å². The summed E-state index contributed by atoms with van der Waals surface area (Å²) in [5, 5.41) is 3.01. The second-order valence-corrected chi connectivity index (χ2v) is 9.04. The van der Waals surface area contributed by atoms with Crippen LogP contribution in [0.3, 0.4) is 0 Å². The normalized spacial score (nSPS) is 14.0. The van der Waals surface area contributed by atoms with Gasteiger partial charge in [-0.25, -0.2) is 0 Å². The highest BCUT2D eigenvalue weighted by Gasteiger charge is 2.23. The van der Waals surface area contributed by atoms with Crippen molar-refractivity contribution >= 4 is 17.5 Å². The highest BCUT2D eigenvalue weighted by molar-refractivity contribution is 6.06. The van der Waals surface area contributed by atoms with Crippen molar-refractivity contribution in [3.8, 4) is 11.5 Å². The number of nitrogens with one attached hydrogen (secondary N) is 1. The summed E-state index contributed by atoms with van der Waals surface area (Å²) in [4.78, 5) is 27.8. The number of aryl methyl sites for hydroxylation is 1. The Hall–Kier alpha value is -3.80. The number of carbonyl (C=O) groups excluding carboxylic acids is 2. The number of carbonyl (C=O) groups is 2. The van der Waals surface area contributed by atoms with Gasteiger partial charge < -0.3 is 19.7 Å². The van der Waals surface area contributed by atoms with Crippen LogP contribution in [0.15, 0.2) is 66.7 Å². The van der Waals surface area contributed by atoms with Crippen molar-refractivity contribution < 1.29 is 19.1 Å². The third kappa shape index (κ3) is 5.22. The third-order valence-electron chi connectivity index (χ3n) is 6.20. The lowest BCUT2D eigenvalue weighted by molar-refractivity contribution is -0.120. The Morgan fingerprint density at radius 1 is 0.941 bits per heavy atom. The van der Waals surface area contributed by atoms with E-state index in [1.54, 1.807) is 23.1 Å². The Kier molecular flexibility index (Phi) is 6.21. The van der Waals surface area contributed by atoms with Gasteiger partial charge in [0, 0.05) is 17.8 Å². The van der Waals surface area contributed by atoms with Crippen molar-refractivity contribution in [2.75, 3.05) is 18.2 Å². The van der Waals surface area contributed by atoms with E-state index >= 15 is 0 Å². The fourth-order valence-electron chi connectivity index (χ4n) is 4.00. The first-order valence-electron chi connectivity index (χ1n) is 11.7. The maximum absolute atomic E-state index is 13.7. The number of ether oxygens (including phenoxy) is 2. The molecule has 0 bridgehead atoms. The Bertz CT molecular complexity index is 1200. The minimum absolute atomic E-state index is 0.0104. The molecule has 0 aromatic heterocycles. The molecule has 34 heavy (non-hydrogen) atoms. The highest BCUT2D eigenvalue weighted by atomic mass is 16.7. The fraction of sp³-hybridized carbons (Fsp3) is 0.286. The summed E-state index contributed by atoms with van der Waals surface area (Å²) >= 11 is 0. The maximum atomic E-state index is 13.7. The fourth-order valence-corrected chi connectivity index (χ4v) is 4.00. The van der Waals surface area contributed by atoms with E-state index in [0.29, 0.717) is 29.5 Å². The zero-order valence-electron chi connectivity index (χ0n) is 19.3. The molecule has 0 radical (unpaired) electrons. The zero-order chi connectivity index (χ0) is 23.5. The van der Waals surface area contributed by atoms with Crippen molar-refractivity contribution in [3.05, 3.63) is 89.0 Å². The number of nitrogens with zero attached hydrogens (tertiary/aromatic N) is 1. The van der Waals surface area contributed by atoms with E-state index in [1.165, 1.54) is 12.8 Å². The van der Waals surface area contributed by atoms with Crippen molar-refractivity contribution in [2.24, 2.45) is 5.92 Å². The summed E-state index contributed by atoms with van der Waals surface area (Å²) in [6.45, 7) is 3.35. The number of anilines is 1. The average Bonchev–Trinajstić information content (AvgIpc) is 3.56. The molecular weight excluding hydrogens is 428 g/mol. The molecular formula is C28H28N2O4. The summed E-state index contributed by atoms with van der Waals surface area (Å²) in [7, 11) is 0. The quantitative estimate of drug-likeness (QED) is 0.536. The van der Waals surface area contributed by atoms with Gasteiger partial charge in [0.2, 0.25) is 12.7 Å². The number of fused-ring (bicyclic) bond motifs is 1. The second kappa shape index (κ2) is 9.59. The summed E-state index contributed by atoms with van der Waals surface area (Å²) in [5.74, 6) is 1.72. The molecule has 0 saturated heterocycles. The predicted molar refractivity (Wildman–Crippen MR) is 130 cm³/mol. The first-order valence-corrected chi connectivity index (χ1v) is 11.7. The molecule has 0 atom stereocenters. The molecule has 1 saturated carbocycles. The van der Waals surface area contributed by atoms with Crippen molar-refractivity contribution in [3.63, 3.8) is 0 Å². The Morgan fingerprint density at radius 2 is 1.74 bits per heavy atom. The van der Waals surface area contributed by atoms with Crippen LogP contribution in [-0.2, 0) is 17.8 Å². The van der Waals surface area contributed by atoms with E-state index in [4.69, 9.17) is 9.47 Å². The monoisotopic (exact) mass is 456 g/mol. The van der Waals surface area contributed by atoms with E-state index in [0.717, 1.165) is 28.9 Å². The number of rotatable bonds is 8. The molecule has 1 heterocycles. The van der Waals surface area contributed by atoms with E-state index in [2.05, 4.69) is 5.32 Å². The molecule has 0 spiro atoms. The molecule has 1 N–H and O–H groups in total. The first kappa shape index (κ1) is 22.0. The molecule has 1 aliphatic carbocycles. The minimum Gasteiger partial charge on any atom is -0.454 e. The lowest BCUT2D eigenvalue weighted by Gasteiger charge is -2.24. The minimum atomic E-state index is -0.144. The van der Waals surface area contributed by atoms with Crippen LogP contribution in [-0.4, -0.2) is 25.2 Å². The lowest BCUT2D eigenvalue weighted by Crippen LogP contribution is -2.31. The van der Waals surface area contributed by atoms with Crippen LogP contribution in [0.4, 0.5) is 5.69 Å². The predicted octanol–water partition coefficient (Wildman–Crippen LogP) is 4.64. The molecule has 2 amide bonds. The summed E-state index contributed by atoms with van der Waals surface area (Å²) in [6.07, 6.45) is 2.69. The van der Waals surface area contributed by atoms with Crippen LogP contribution in [0.2, 0.25) is 0 Å². The van der Waals surface area contributed by atoms with Gasteiger partial charge >= 0.3 is 0 Å². The van der Waals surface area contributed by atoms with Gasteiger partial charge in [-0.3, -0.25) is 9.59 Å². The first-order chi connectivity index (χ1) is 16.5. The standard InChI is InChI=1S/C28H28N2O4/c1-19-5-7-21(8-6-19)17-30(28(32)23-11-12-25-26(15-23)34-18-33-25)24-4-2-3-22(13-24)14-27(31)29-16-20-9-10-20/h2-8,11-13,15,20H,9-10,14,16-18H2,1H3,(H,29,31). The van der Waals surface area contributed by atoms with Crippen LogP contribution in [0.5, 0.6) is 11.5 Å². The number of amides is 2. The maximum Gasteiger partial charge on any atom is 0.258 e. The summed E-state index contributed by atoms with van der Waals surface area (Å²) < 4.78 is 10.9. The van der Waals surface area contributed by atoms with Crippen molar-refractivity contribution in [2.45, 2.75) is 32.7 Å². The lowest BCUT2D eigenvalue weighted by atomic mass is 10.1. The molecule has 3 aromatic rings. The molecule has 6 nitrogen and oxygen atoms in total. The molecule has 3 aromatic carbocycles. The van der Waals surface area contributed by atoms with E-state index < -0.39 is 0 Å². The van der Waals surface area contributed by atoms with Gasteiger partial charge in [0.05, 0.1) is 13.0 Å². The number of hydrogen-bond acceptors (Lipinski definition) is 4. The van der Waals surface area contributed by atoms with Crippen molar-refractivity contribution in [1.82, 2.24) is 5.32 Å². The van der Waals surface area contributed by atoms with Gasteiger partial charge in [-0.2, -0.15) is 0 Å². The smallest absolute Gasteiger partial charge is 0.258 e. The molecule has 6 heteroatoms. The van der Waals surface area contributed by atoms with Crippen LogP contribution in [0.25, 0.3) is 0 Å². The average molecular weight is 457 g/mol. The SMILES string of the molecule is Cc1ccc(CN(C(=O)c2ccc3c(c2)OCO3)c2cccc(CC(=O)NCC3CC3)c2)cc1. The van der Waals surface area contributed by atoms with Crippen LogP contribution >= 0.6 is 0 Å². The Labute approximate surface area is 199 Å². The van der Waals surface area contributed by atoms with Crippen LogP contribution in [0, 0.1) is 12.8 Å². The summed E-state index contributed by atoms with van der Waals surface area (Å²) in [6, 6.07) is 21.0. The van der Waals surface area contributed by atoms with Gasteiger partial charge in [0.25, 0.3) is 5.91 Å². The van der Waals surface area contributed by atoms with Crippen LogP contribution in [0.1, 0.15) is 39.9 Å². The van der Waals surface area contributed by atoms with E-state index in [-0.39, 0.29) is 25.0 Å². The van der Waals surface area contributed by atoms with Gasteiger partial charge in [0.15, 0.2) is 11.5 Å². The van der Waals surface area contributed by atoms with Gasteiger partial charge in [-0.15, -0.1) is 0 Å². The highest BCUT2D eigenvalue weighted by Crippen LogP contribution is 2.33. The molecule has 1 fully saturated rings. The Balaban J connectivity index is 1.41. The van der Waals surface area contributed by atoms with Gasteiger partial charge in [0.1, 0.15) is 0 Å². The van der Waals surface area contributed by atoms with Gasteiger partial charge in [-0.05, 0) is 67.1 Å². The third-order valence-corrected chi connectivity index (χ3v) is 6.20.